The minimum atomic E-state index is 0.0946. The monoisotopic (exact) mass is 301 g/mol. The zero-order chi connectivity index (χ0) is 12.1. The Labute approximate surface area is 111 Å². The maximum Gasteiger partial charge on any atom is 0.131 e. The van der Waals surface area contributed by atoms with E-state index in [1.165, 1.54) is 19.3 Å². The van der Waals surface area contributed by atoms with Crippen LogP contribution in [0.15, 0.2) is 21.2 Å². The molecular formula is C13H20BrNO2. The van der Waals surface area contributed by atoms with Gasteiger partial charge in [0.05, 0.1) is 17.3 Å². The number of hydrogen-bond acceptors (Lipinski definition) is 3. The molecule has 0 aliphatic heterocycles. The van der Waals surface area contributed by atoms with Crippen molar-refractivity contribution in [3.05, 3.63) is 22.6 Å². The Balaban J connectivity index is 1.82. The van der Waals surface area contributed by atoms with Gasteiger partial charge in [0.25, 0.3) is 0 Å². The van der Waals surface area contributed by atoms with E-state index in [0.717, 1.165) is 36.2 Å². The van der Waals surface area contributed by atoms with Gasteiger partial charge < -0.3 is 14.8 Å². The van der Waals surface area contributed by atoms with Crippen LogP contribution >= 0.6 is 15.9 Å². The molecule has 1 fully saturated rings. The lowest BCUT2D eigenvalue weighted by molar-refractivity contribution is 0.0805. The van der Waals surface area contributed by atoms with Gasteiger partial charge in [0, 0.05) is 18.6 Å². The van der Waals surface area contributed by atoms with Crippen LogP contribution in [0.1, 0.15) is 37.9 Å². The molecule has 1 aliphatic carbocycles. The molecule has 17 heavy (non-hydrogen) atoms. The highest BCUT2D eigenvalue weighted by atomic mass is 79.9. The van der Waals surface area contributed by atoms with Crippen LogP contribution in [0.2, 0.25) is 0 Å². The van der Waals surface area contributed by atoms with Crippen LogP contribution in [0.3, 0.4) is 0 Å². The third-order valence-electron chi connectivity index (χ3n) is 3.73. The lowest BCUT2D eigenvalue weighted by Gasteiger charge is -2.35. The number of nitrogens with one attached hydrogen (secondary N) is 1. The average Bonchev–Trinajstić information content (AvgIpc) is 2.76. The Morgan fingerprint density at radius 2 is 2.12 bits per heavy atom. The molecule has 0 saturated heterocycles. The molecule has 1 aliphatic rings. The number of halogens is 1. The van der Waals surface area contributed by atoms with Crippen molar-refractivity contribution in [2.24, 2.45) is 5.41 Å². The molecule has 1 saturated carbocycles. The highest BCUT2D eigenvalue weighted by Gasteiger charge is 2.30. The molecule has 2 N–H and O–H groups in total. The summed E-state index contributed by atoms with van der Waals surface area (Å²) in [5.74, 6) is 0.925. The molecule has 0 aromatic carbocycles. The van der Waals surface area contributed by atoms with Crippen molar-refractivity contribution in [3.63, 3.8) is 0 Å². The number of furan rings is 1. The molecule has 0 bridgehead atoms. The summed E-state index contributed by atoms with van der Waals surface area (Å²) in [5, 5.41) is 13.0. The lowest BCUT2D eigenvalue weighted by atomic mass is 9.74. The Morgan fingerprint density at radius 3 is 2.71 bits per heavy atom. The molecule has 0 unspecified atom stereocenters. The first-order valence-corrected chi connectivity index (χ1v) is 7.08. The van der Waals surface area contributed by atoms with E-state index in [1.54, 1.807) is 6.26 Å². The van der Waals surface area contributed by atoms with E-state index < -0.39 is 0 Å². The van der Waals surface area contributed by atoms with Gasteiger partial charge in [0.2, 0.25) is 0 Å². The van der Waals surface area contributed by atoms with E-state index in [2.05, 4.69) is 21.2 Å². The summed E-state index contributed by atoms with van der Waals surface area (Å²) in [5.41, 5.74) is 0.0946. The number of aliphatic hydroxyl groups excluding tert-OH is 1. The molecule has 0 radical (unpaired) electrons. The highest BCUT2D eigenvalue weighted by molar-refractivity contribution is 9.10. The average molecular weight is 302 g/mol. The van der Waals surface area contributed by atoms with Crippen LogP contribution in [-0.4, -0.2) is 18.3 Å². The fraction of sp³-hybridized carbons (Fsp3) is 0.692. The van der Waals surface area contributed by atoms with Gasteiger partial charge in [0.1, 0.15) is 5.76 Å². The van der Waals surface area contributed by atoms with Crippen molar-refractivity contribution in [2.75, 3.05) is 13.2 Å². The summed E-state index contributed by atoms with van der Waals surface area (Å²) in [6.07, 6.45) is 7.75. The second kappa shape index (κ2) is 6.03. The van der Waals surface area contributed by atoms with Crippen molar-refractivity contribution in [3.8, 4) is 0 Å². The first-order chi connectivity index (χ1) is 8.26. The molecule has 4 heteroatoms. The minimum absolute atomic E-state index is 0.0946. The normalized spacial score (nSPS) is 19.4. The highest BCUT2D eigenvalue weighted by Crippen LogP contribution is 2.35. The van der Waals surface area contributed by atoms with Crippen LogP contribution in [0.25, 0.3) is 0 Å². The molecular weight excluding hydrogens is 282 g/mol. The van der Waals surface area contributed by atoms with Crippen LogP contribution in [0.5, 0.6) is 0 Å². The maximum atomic E-state index is 9.58. The Morgan fingerprint density at radius 1 is 1.35 bits per heavy atom. The van der Waals surface area contributed by atoms with Crippen molar-refractivity contribution < 1.29 is 9.52 Å². The maximum absolute atomic E-state index is 9.58. The minimum Gasteiger partial charge on any atom is -0.467 e. The summed E-state index contributed by atoms with van der Waals surface area (Å²) < 4.78 is 6.35. The number of rotatable bonds is 5. The fourth-order valence-electron chi connectivity index (χ4n) is 2.59. The molecule has 0 atom stereocenters. The second-order valence-electron chi connectivity index (χ2n) is 5.01. The van der Waals surface area contributed by atoms with Gasteiger partial charge in [-0.1, -0.05) is 19.3 Å². The van der Waals surface area contributed by atoms with Gasteiger partial charge >= 0.3 is 0 Å². The van der Waals surface area contributed by atoms with Crippen LogP contribution in [0.4, 0.5) is 0 Å². The first kappa shape index (κ1) is 13.1. The summed E-state index contributed by atoms with van der Waals surface area (Å²) in [7, 11) is 0. The molecule has 1 heterocycles. The van der Waals surface area contributed by atoms with E-state index in [9.17, 15) is 5.11 Å². The van der Waals surface area contributed by atoms with Crippen molar-refractivity contribution in [2.45, 2.75) is 38.6 Å². The quantitative estimate of drug-likeness (QED) is 0.878. The van der Waals surface area contributed by atoms with Crippen molar-refractivity contribution in [1.29, 1.82) is 0 Å². The molecule has 2 rings (SSSR count). The first-order valence-electron chi connectivity index (χ1n) is 6.29. The molecule has 96 valence electrons. The van der Waals surface area contributed by atoms with E-state index in [0.29, 0.717) is 6.61 Å². The lowest BCUT2D eigenvalue weighted by Crippen LogP contribution is -2.38. The topological polar surface area (TPSA) is 45.4 Å². The summed E-state index contributed by atoms with van der Waals surface area (Å²) in [6, 6.07) is 1.90. The third-order valence-corrected chi connectivity index (χ3v) is 4.43. The zero-order valence-corrected chi connectivity index (χ0v) is 11.6. The van der Waals surface area contributed by atoms with Crippen molar-refractivity contribution in [1.82, 2.24) is 5.32 Å². The van der Waals surface area contributed by atoms with Gasteiger partial charge in [-0.25, -0.2) is 0 Å². The fourth-order valence-corrected chi connectivity index (χ4v) is 2.93. The summed E-state index contributed by atoms with van der Waals surface area (Å²) in [6.45, 7) is 1.88. The Kier molecular flexibility index (Phi) is 4.65. The molecule has 3 nitrogen and oxygen atoms in total. The van der Waals surface area contributed by atoms with Gasteiger partial charge in [-0.05, 0) is 34.8 Å². The predicted molar refractivity (Wildman–Crippen MR) is 70.7 cm³/mol. The van der Waals surface area contributed by atoms with E-state index in [-0.39, 0.29) is 5.41 Å². The summed E-state index contributed by atoms with van der Waals surface area (Å²) >= 11 is 3.44. The van der Waals surface area contributed by atoms with E-state index in [4.69, 9.17) is 4.42 Å². The SMILES string of the molecule is OCC1(CNCc2occc2Br)CCCCC1. The van der Waals surface area contributed by atoms with Crippen LogP contribution in [0, 0.1) is 5.41 Å². The van der Waals surface area contributed by atoms with Gasteiger partial charge in [-0.15, -0.1) is 0 Å². The van der Waals surface area contributed by atoms with Crippen molar-refractivity contribution >= 4 is 15.9 Å². The Hall–Kier alpha value is -0.320. The van der Waals surface area contributed by atoms with Crippen LogP contribution in [-0.2, 0) is 6.54 Å². The van der Waals surface area contributed by atoms with Gasteiger partial charge in [-0.3, -0.25) is 0 Å². The number of hydrogen-bond donors (Lipinski definition) is 2. The third kappa shape index (κ3) is 3.33. The van der Waals surface area contributed by atoms with Gasteiger partial charge in [-0.2, -0.15) is 0 Å². The number of aliphatic hydroxyl groups is 1. The molecule has 0 amide bonds. The Bertz CT molecular complexity index is 345. The molecule has 0 spiro atoms. The largest absolute Gasteiger partial charge is 0.467 e. The summed E-state index contributed by atoms with van der Waals surface area (Å²) in [4.78, 5) is 0. The van der Waals surface area contributed by atoms with E-state index in [1.807, 2.05) is 6.07 Å². The second-order valence-corrected chi connectivity index (χ2v) is 5.87. The zero-order valence-electron chi connectivity index (χ0n) is 10.0. The molecule has 1 aromatic rings. The molecule has 1 aromatic heterocycles. The van der Waals surface area contributed by atoms with Crippen LogP contribution < -0.4 is 5.32 Å². The smallest absolute Gasteiger partial charge is 0.131 e. The predicted octanol–water partition coefficient (Wildman–Crippen LogP) is 3.07. The van der Waals surface area contributed by atoms with Gasteiger partial charge in [0.15, 0.2) is 0 Å². The standard InChI is InChI=1S/C13H20BrNO2/c14-11-4-7-17-12(11)8-15-9-13(10-16)5-2-1-3-6-13/h4,7,15-16H,1-3,5-6,8-10H2. The van der Waals surface area contributed by atoms with E-state index >= 15 is 0 Å².